The van der Waals surface area contributed by atoms with E-state index < -0.39 is 5.91 Å². The second kappa shape index (κ2) is 11.6. The van der Waals surface area contributed by atoms with Gasteiger partial charge in [0.15, 0.2) is 11.5 Å². The standard InChI is InChI=1S/C16H22BrN5O4.ClH/c1-3-24-12-8-10(7-11(17)14(12)25-4-2)9-19-5-6-20-16(23)13-15(18)22-26-21-13;/h7-8,19H,3-6,9H2,1-2H3,(H2,18,22)(H,20,23);1H/p-1. The number of benzene rings is 1. The van der Waals surface area contributed by atoms with Crippen LogP contribution in [0.4, 0.5) is 5.82 Å². The van der Waals surface area contributed by atoms with Crippen LogP contribution < -0.4 is 38.2 Å². The van der Waals surface area contributed by atoms with E-state index in [9.17, 15) is 4.79 Å². The van der Waals surface area contributed by atoms with Crippen molar-refractivity contribution in [1.82, 2.24) is 20.9 Å². The Balaban J connectivity index is 0.00000364. The molecule has 0 saturated carbocycles. The van der Waals surface area contributed by atoms with Crippen LogP contribution in [0.15, 0.2) is 21.2 Å². The minimum absolute atomic E-state index is 0. The van der Waals surface area contributed by atoms with E-state index in [-0.39, 0.29) is 23.9 Å². The van der Waals surface area contributed by atoms with Gasteiger partial charge in [-0.1, -0.05) is 0 Å². The van der Waals surface area contributed by atoms with Crippen LogP contribution in [0.25, 0.3) is 0 Å². The molecule has 0 aliphatic heterocycles. The minimum atomic E-state index is -0.423. The highest BCUT2D eigenvalue weighted by Gasteiger charge is 2.15. The first kappa shape index (κ1) is 23.0. The van der Waals surface area contributed by atoms with Crippen molar-refractivity contribution < 1.29 is 31.3 Å². The maximum atomic E-state index is 11.8. The van der Waals surface area contributed by atoms with Crippen LogP contribution in [0.5, 0.6) is 11.5 Å². The number of amides is 1. The van der Waals surface area contributed by atoms with Crippen LogP contribution in [-0.4, -0.2) is 42.5 Å². The van der Waals surface area contributed by atoms with E-state index in [4.69, 9.17) is 15.2 Å². The fourth-order valence-corrected chi connectivity index (χ4v) is 2.81. The highest BCUT2D eigenvalue weighted by atomic mass is 79.9. The summed E-state index contributed by atoms with van der Waals surface area (Å²) < 4.78 is 16.5. The number of carbonyl (C=O) groups is 1. The van der Waals surface area contributed by atoms with Gasteiger partial charge in [-0.05, 0) is 57.8 Å². The number of nitrogen functional groups attached to an aromatic ring is 1. The molecule has 0 fully saturated rings. The van der Waals surface area contributed by atoms with Crippen molar-refractivity contribution in [1.29, 1.82) is 0 Å². The third kappa shape index (κ3) is 6.56. The van der Waals surface area contributed by atoms with Gasteiger partial charge in [0.05, 0.1) is 17.7 Å². The quantitative estimate of drug-likeness (QED) is 0.373. The number of hydrogen-bond acceptors (Lipinski definition) is 8. The number of rotatable bonds is 10. The van der Waals surface area contributed by atoms with Crippen LogP contribution in [0.2, 0.25) is 0 Å². The molecule has 4 N–H and O–H groups in total. The topological polar surface area (TPSA) is 125 Å². The average Bonchev–Trinajstić information content (AvgIpc) is 3.04. The molecule has 0 aliphatic carbocycles. The first-order valence-electron chi connectivity index (χ1n) is 8.21. The summed E-state index contributed by atoms with van der Waals surface area (Å²) in [5, 5.41) is 12.7. The molecule has 0 bridgehead atoms. The lowest BCUT2D eigenvalue weighted by atomic mass is 10.2. The van der Waals surface area contributed by atoms with Gasteiger partial charge in [-0.3, -0.25) is 4.79 Å². The van der Waals surface area contributed by atoms with Gasteiger partial charge in [-0.25, -0.2) is 4.63 Å². The molecule has 1 amide bonds. The second-order valence-corrected chi connectivity index (χ2v) is 6.06. The molecule has 27 heavy (non-hydrogen) atoms. The maximum absolute atomic E-state index is 11.8. The molecule has 2 aromatic rings. The van der Waals surface area contributed by atoms with Crippen LogP contribution >= 0.6 is 15.9 Å². The number of nitrogens with zero attached hydrogens (tertiary/aromatic N) is 2. The first-order valence-corrected chi connectivity index (χ1v) is 9.01. The van der Waals surface area contributed by atoms with Crippen molar-refractivity contribution in [3.05, 3.63) is 27.9 Å². The van der Waals surface area contributed by atoms with E-state index in [1.165, 1.54) is 0 Å². The Morgan fingerprint density at radius 2 is 1.96 bits per heavy atom. The molecule has 0 atom stereocenters. The predicted octanol–water partition coefficient (Wildman–Crippen LogP) is -1.26. The van der Waals surface area contributed by atoms with E-state index in [1.54, 1.807) is 0 Å². The largest absolute Gasteiger partial charge is 1.00 e. The lowest BCUT2D eigenvalue weighted by molar-refractivity contribution is -0.0000151. The average molecular weight is 464 g/mol. The molecule has 1 aromatic heterocycles. The Hall–Kier alpha value is -2.04. The van der Waals surface area contributed by atoms with Gasteiger partial charge in [-0.15, -0.1) is 0 Å². The van der Waals surface area contributed by atoms with Gasteiger partial charge in [-0.2, -0.15) is 0 Å². The molecule has 1 aromatic carbocycles. The van der Waals surface area contributed by atoms with E-state index in [2.05, 4.69) is 41.5 Å². The van der Waals surface area contributed by atoms with Crippen molar-refractivity contribution in [3.63, 3.8) is 0 Å². The zero-order chi connectivity index (χ0) is 18.9. The van der Waals surface area contributed by atoms with Crippen molar-refractivity contribution >= 4 is 27.7 Å². The number of halogens is 2. The molecule has 0 aliphatic rings. The van der Waals surface area contributed by atoms with Crippen LogP contribution in [0, 0.1) is 0 Å². The molecule has 9 nitrogen and oxygen atoms in total. The number of ether oxygens (including phenoxy) is 2. The third-order valence-electron chi connectivity index (χ3n) is 3.30. The molecular formula is C16H22BrClN5O4-. The maximum Gasteiger partial charge on any atom is 0.277 e. The summed E-state index contributed by atoms with van der Waals surface area (Å²) in [6.07, 6.45) is 0. The summed E-state index contributed by atoms with van der Waals surface area (Å²) in [6, 6.07) is 3.91. The highest BCUT2D eigenvalue weighted by molar-refractivity contribution is 9.10. The Morgan fingerprint density at radius 3 is 2.59 bits per heavy atom. The fourth-order valence-electron chi connectivity index (χ4n) is 2.20. The molecule has 11 heteroatoms. The van der Waals surface area contributed by atoms with Crippen LogP contribution in [0.1, 0.15) is 29.9 Å². The van der Waals surface area contributed by atoms with Crippen molar-refractivity contribution in [2.45, 2.75) is 20.4 Å². The van der Waals surface area contributed by atoms with Crippen LogP contribution in [-0.2, 0) is 6.54 Å². The molecule has 150 valence electrons. The van der Waals surface area contributed by atoms with Crippen molar-refractivity contribution in [2.75, 3.05) is 32.0 Å². The molecule has 0 unspecified atom stereocenters. The predicted molar refractivity (Wildman–Crippen MR) is 99.2 cm³/mol. The van der Waals surface area contributed by atoms with E-state index >= 15 is 0 Å². The number of carbonyl (C=O) groups excluding carboxylic acids is 1. The summed E-state index contributed by atoms with van der Waals surface area (Å²) in [4.78, 5) is 11.8. The van der Waals surface area contributed by atoms with E-state index in [0.29, 0.717) is 44.3 Å². The molecule has 0 saturated heterocycles. The molecular weight excluding hydrogens is 442 g/mol. The Labute approximate surface area is 171 Å². The zero-order valence-corrected chi connectivity index (χ0v) is 17.4. The lowest BCUT2D eigenvalue weighted by Gasteiger charge is -2.15. The van der Waals surface area contributed by atoms with Crippen molar-refractivity contribution in [3.8, 4) is 11.5 Å². The Morgan fingerprint density at radius 1 is 1.22 bits per heavy atom. The van der Waals surface area contributed by atoms with Crippen LogP contribution in [0.3, 0.4) is 0 Å². The fraction of sp³-hybridized carbons (Fsp3) is 0.438. The smallest absolute Gasteiger partial charge is 0.277 e. The number of aromatic nitrogens is 2. The van der Waals surface area contributed by atoms with E-state index in [0.717, 1.165) is 10.0 Å². The van der Waals surface area contributed by atoms with Crippen molar-refractivity contribution in [2.24, 2.45) is 0 Å². The molecule has 0 spiro atoms. The summed E-state index contributed by atoms with van der Waals surface area (Å²) in [6.45, 7) is 6.53. The minimum Gasteiger partial charge on any atom is -1.00 e. The number of anilines is 1. The highest BCUT2D eigenvalue weighted by Crippen LogP contribution is 2.36. The van der Waals surface area contributed by atoms with Gasteiger partial charge in [0.1, 0.15) is 0 Å². The van der Waals surface area contributed by atoms with Gasteiger partial charge in [0.25, 0.3) is 5.91 Å². The monoisotopic (exact) mass is 462 g/mol. The third-order valence-corrected chi connectivity index (χ3v) is 3.89. The van der Waals surface area contributed by atoms with Gasteiger partial charge in [0.2, 0.25) is 11.5 Å². The SMILES string of the molecule is CCOc1cc(CNCCNC(=O)c2nonc2N)cc(Br)c1OCC.[Cl-]. The van der Waals surface area contributed by atoms with Gasteiger partial charge >= 0.3 is 0 Å². The summed E-state index contributed by atoms with van der Waals surface area (Å²) in [5.41, 5.74) is 6.48. The molecule has 1 heterocycles. The van der Waals surface area contributed by atoms with Gasteiger partial charge in [0, 0.05) is 19.6 Å². The number of hydrogen-bond donors (Lipinski definition) is 3. The van der Waals surface area contributed by atoms with E-state index in [1.807, 2.05) is 26.0 Å². The molecule has 2 rings (SSSR count). The number of nitrogens with two attached hydrogens (primary N) is 1. The Bertz CT molecular complexity index is 744. The van der Waals surface area contributed by atoms with Gasteiger partial charge < -0.3 is 38.2 Å². The summed E-state index contributed by atoms with van der Waals surface area (Å²) >= 11 is 3.52. The first-order chi connectivity index (χ1) is 12.6. The zero-order valence-electron chi connectivity index (χ0n) is 15.1. The second-order valence-electron chi connectivity index (χ2n) is 5.20. The molecule has 0 radical (unpaired) electrons. The lowest BCUT2D eigenvalue weighted by Crippen LogP contribution is -3.00. The normalized spacial score (nSPS) is 10.2. The summed E-state index contributed by atoms with van der Waals surface area (Å²) in [5.74, 6) is 0.943. The Kier molecular flexibility index (Phi) is 9.90. The summed E-state index contributed by atoms with van der Waals surface area (Å²) in [7, 11) is 0. The number of nitrogens with one attached hydrogen (secondary N) is 2.